The molecule has 1 unspecified atom stereocenters. The monoisotopic (exact) mass is 228 g/mol. The van der Waals surface area contributed by atoms with E-state index in [0.717, 1.165) is 6.07 Å². The van der Waals surface area contributed by atoms with Gasteiger partial charge in [0, 0.05) is 12.1 Å². The first kappa shape index (κ1) is 12.5. The number of nitro benzene ring substituents is 1. The van der Waals surface area contributed by atoms with Crippen molar-refractivity contribution in [2.24, 2.45) is 5.73 Å². The summed E-state index contributed by atoms with van der Waals surface area (Å²) >= 11 is 0. The smallest absolute Gasteiger partial charge is 0.272 e. The van der Waals surface area contributed by atoms with Gasteiger partial charge in [-0.25, -0.2) is 4.39 Å². The third kappa shape index (κ3) is 3.92. The highest BCUT2D eigenvalue weighted by molar-refractivity contribution is 5.34. The van der Waals surface area contributed by atoms with E-state index in [1.165, 1.54) is 12.1 Å². The van der Waals surface area contributed by atoms with Crippen LogP contribution in [0.5, 0.6) is 0 Å². The first-order valence-electron chi connectivity index (χ1n) is 4.76. The predicted molar refractivity (Wildman–Crippen MR) is 56.4 cm³/mol. The maximum absolute atomic E-state index is 13.0. The van der Waals surface area contributed by atoms with Crippen molar-refractivity contribution < 1.29 is 14.1 Å². The molecule has 1 rings (SSSR count). The number of nitrogens with two attached hydrogens (primary N) is 1. The fourth-order valence-electron chi connectivity index (χ4n) is 1.18. The molecule has 0 aliphatic rings. The molecule has 0 saturated carbocycles. The molecule has 1 aromatic rings. The summed E-state index contributed by atoms with van der Waals surface area (Å²) in [6, 6.07) is 3.23. The fourth-order valence-corrected chi connectivity index (χ4v) is 1.18. The topological polar surface area (TPSA) is 78.4 Å². The highest BCUT2D eigenvalue weighted by Crippen LogP contribution is 2.16. The Kier molecular flexibility index (Phi) is 4.33. The zero-order valence-electron chi connectivity index (χ0n) is 8.85. The minimum Gasteiger partial charge on any atom is -0.375 e. The van der Waals surface area contributed by atoms with E-state index in [1.807, 2.05) is 0 Å². The Morgan fingerprint density at radius 2 is 2.25 bits per heavy atom. The lowest BCUT2D eigenvalue weighted by Gasteiger charge is -2.06. The minimum atomic E-state index is -0.645. The van der Waals surface area contributed by atoms with E-state index in [0.29, 0.717) is 12.2 Å². The fraction of sp³-hybridized carbons (Fsp3) is 0.400. The molecule has 0 bridgehead atoms. The molecule has 0 aromatic heterocycles. The average molecular weight is 228 g/mol. The number of nitro groups is 1. The highest BCUT2D eigenvalue weighted by Gasteiger charge is 2.09. The molecule has 0 saturated heterocycles. The van der Waals surface area contributed by atoms with Crippen LogP contribution in [0.25, 0.3) is 0 Å². The van der Waals surface area contributed by atoms with E-state index in [1.54, 1.807) is 6.92 Å². The van der Waals surface area contributed by atoms with Crippen molar-refractivity contribution in [1.82, 2.24) is 0 Å². The summed E-state index contributed by atoms with van der Waals surface area (Å²) < 4.78 is 18.1. The van der Waals surface area contributed by atoms with Gasteiger partial charge in [0.15, 0.2) is 0 Å². The van der Waals surface area contributed by atoms with Crippen LogP contribution in [0.15, 0.2) is 18.2 Å². The van der Waals surface area contributed by atoms with Gasteiger partial charge in [-0.1, -0.05) is 0 Å². The van der Waals surface area contributed by atoms with Gasteiger partial charge in [0.2, 0.25) is 0 Å². The Bertz CT molecular complexity index is 382. The van der Waals surface area contributed by atoms with Crippen molar-refractivity contribution >= 4 is 5.69 Å². The summed E-state index contributed by atoms with van der Waals surface area (Å²) in [4.78, 5) is 9.82. The van der Waals surface area contributed by atoms with Crippen molar-refractivity contribution in [3.63, 3.8) is 0 Å². The summed E-state index contributed by atoms with van der Waals surface area (Å²) in [5.41, 5.74) is 5.60. The van der Waals surface area contributed by atoms with Crippen LogP contribution in [-0.2, 0) is 11.3 Å². The second-order valence-corrected chi connectivity index (χ2v) is 3.57. The largest absolute Gasteiger partial charge is 0.375 e. The molecule has 16 heavy (non-hydrogen) atoms. The van der Waals surface area contributed by atoms with Crippen LogP contribution >= 0.6 is 0 Å². The zero-order valence-corrected chi connectivity index (χ0v) is 8.85. The van der Waals surface area contributed by atoms with Crippen LogP contribution in [-0.4, -0.2) is 17.6 Å². The molecule has 88 valence electrons. The summed E-state index contributed by atoms with van der Waals surface area (Å²) in [6.45, 7) is 2.21. The summed E-state index contributed by atoms with van der Waals surface area (Å²) in [5, 5.41) is 10.5. The molecule has 1 aromatic carbocycles. The lowest BCUT2D eigenvalue weighted by Crippen LogP contribution is -2.21. The summed E-state index contributed by atoms with van der Waals surface area (Å²) in [7, 11) is 0. The van der Waals surface area contributed by atoms with Crippen LogP contribution in [0.3, 0.4) is 0 Å². The highest BCUT2D eigenvalue weighted by atomic mass is 19.1. The Hall–Kier alpha value is -1.53. The Balaban J connectivity index is 2.69. The molecule has 0 spiro atoms. The van der Waals surface area contributed by atoms with E-state index in [2.05, 4.69) is 0 Å². The average Bonchev–Trinajstić information content (AvgIpc) is 2.16. The van der Waals surface area contributed by atoms with E-state index in [-0.39, 0.29) is 18.3 Å². The van der Waals surface area contributed by atoms with Crippen LogP contribution in [0.4, 0.5) is 10.1 Å². The number of non-ortho nitro benzene ring substituents is 1. The molecule has 5 nitrogen and oxygen atoms in total. The van der Waals surface area contributed by atoms with Crippen molar-refractivity contribution in [3.05, 3.63) is 39.7 Å². The van der Waals surface area contributed by atoms with Gasteiger partial charge >= 0.3 is 0 Å². The van der Waals surface area contributed by atoms with Crippen LogP contribution in [0.2, 0.25) is 0 Å². The number of rotatable bonds is 5. The number of nitrogens with zero attached hydrogens (tertiary/aromatic N) is 1. The van der Waals surface area contributed by atoms with E-state index >= 15 is 0 Å². The molecule has 2 N–H and O–H groups in total. The van der Waals surface area contributed by atoms with E-state index < -0.39 is 10.7 Å². The van der Waals surface area contributed by atoms with Gasteiger partial charge in [-0.15, -0.1) is 0 Å². The predicted octanol–water partition coefficient (Wildman–Crippen LogP) is 1.60. The van der Waals surface area contributed by atoms with Gasteiger partial charge < -0.3 is 10.5 Å². The molecular formula is C10H13FN2O3. The summed E-state index contributed by atoms with van der Waals surface area (Å²) in [5.74, 6) is -0.645. The molecule has 0 amide bonds. The minimum absolute atomic E-state index is 0.111. The standard InChI is InChI=1S/C10H13FN2O3/c1-7(12)5-16-6-8-2-9(11)4-10(3-8)13(14)15/h2-4,7H,5-6,12H2,1H3. The van der Waals surface area contributed by atoms with Gasteiger partial charge in [0.25, 0.3) is 5.69 Å². The number of hydrogen-bond acceptors (Lipinski definition) is 4. The summed E-state index contributed by atoms with van der Waals surface area (Å²) in [6.07, 6.45) is 0. The Labute approximate surface area is 92.2 Å². The molecule has 0 radical (unpaired) electrons. The number of halogens is 1. The Morgan fingerprint density at radius 3 is 2.81 bits per heavy atom. The van der Waals surface area contributed by atoms with Crippen LogP contribution < -0.4 is 5.73 Å². The zero-order chi connectivity index (χ0) is 12.1. The molecule has 0 aliphatic carbocycles. The lowest BCUT2D eigenvalue weighted by atomic mass is 10.2. The van der Waals surface area contributed by atoms with Gasteiger partial charge in [0.1, 0.15) is 5.82 Å². The van der Waals surface area contributed by atoms with Crippen LogP contribution in [0, 0.1) is 15.9 Å². The molecule has 0 aliphatic heterocycles. The molecular weight excluding hydrogens is 215 g/mol. The molecule has 0 fully saturated rings. The molecule has 1 atom stereocenters. The third-order valence-corrected chi connectivity index (χ3v) is 1.80. The second-order valence-electron chi connectivity index (χ2n) is 3.57. The maximum atomic E-state index is 13.0. The molecule has 0 heterocycles. The molecule has 6 heteroatoms. The van der Waals surface area contributed by atoms with Gasteiger partial charge in [-0.05, 0) is 18.6 Å². The first-order chi connectivity index (χ1) is 7.49. The SMILES string of the molecule is CC(N)COCc1cc(F)cc([N+](=O)[O-])c1. The van der Waals surface area contributed by atoms with E-state index in [9.17, 15) is 14.5 Å². The van der Waals surface area contributed by atoms with Gasteiger partial charge in [0.05, 0.1) is 24.2 Å². The van der Waals surface area contributed by atoms with E-state index in [4.69, 9.17) is 10.5 Å². The number of hydrogen-bond donors (Lipinski definition) is 1. The quantitative estimate of drug-likeness (QED) is 0.613. The van der Waals surface area contributed by atoms with Crippen molar-refractivity contribution in [3.8, 4) is 0 Å². The number of ether oxygens (including phenoxy) is 1. The normalized spacial score (nSPS) is 12.4. The lowest BCUT2D eigenvalue weighted by molar-refractivity contribution is -0.385. The van der Waals surface area contributed by atoms with Crippen LogP contribution in [0.1, 0.15) is 12.5 Å². The van der Waals surface area contributed by atoms with Gasteiger partial charge in [-0.2, -0.15) is 0 Å². The second kappa shape index (κ2) is 5.53. The van der Waals surface area contributed by atoms with Crippen molar-refractivity contribution in [1.29, 1.82) is 0 Å². The van der Waals surface area contributed by atoms with Crippen molar-refractivity contribution in [2.45, 2.75) is 19.6 Å². The van der Waals surface area contributed by atoms with Crippen molar-refractivity contribution in [2.75, 3.05) is 6.61 Å². The number of benzene rings is 1. The first-order valence-corrected chi connectivity index (χ1v) is 4.76. The Morgan fingerprint density at radius 1 is 1.56 bits per heavy atom. The third-order valence-electron chi connectivity index (χ3n) is 1.80. The maximum Gasteiger partial charge on any atom is 0.272 e. The van der Waals surface area contributed by atoms with Gasteiger partial charge in [-0.3, -0.25) is 10.1 Å².